The second kappa shape index (κ2) is 18.5. The molecule has 4 aliphatic heterocycles. The molecule has 12 aromatic carbocycles. The lowest BCUT2D eigenvalue weighted by molar-refractivity contribution is 0.482. The lowest BCUT2D eigenvalue weighted by atomic mass is 9.33. The van der Waals surface area contributed by atoms with Crippen molar-refractivity contribution in [2.24, 2.45) is 0 Å². The minimum atomic E-state index is -0.345. The van der Waals surface area contributed by atoms with Gasteiger partial charge in [-0.1, -0.05) is 152 Å². The molecule has 0 saturated heterocycles. The topological polar surface area (TPSA) is 70.8 Å². The molecule has 3 aromatic heterocycles. The van der Waals surface area contributed by atoms with Crippen LogP contribution in [0.4, 0.5) is 68.4 Å². The first-order valence-electron chi connectivity index (χ1n) is 29.4. The van der Waals surface area contributed by atoms with Gasteiger partial charge in [0.15, 0.2) is 0 Å². The predicted octanol–water partition coefficient (Wildman–Crippen LogP) is 16.8. The van der Waals surface area contributed by atoms with Crippen molar-refractivity contribution in [1.29, 1.82) is 0 Å². The summed E-state index contributed by atoms with van der Waals surface area (Å²) in [5.74, 6) is 3.66. The number of para-hydroxylation sites is 8. The van der Waals surface area contributed by atoms with Crippen LogP contribution in [-0.2, 0) is 0 Å². The Hall–Kier alpha value is -11.6. The van der Waals surface area contributed by atoms with Crippen molar-refractivity contribution in [3.63, 3.8) is 0 Å². The van der Waals surface area contributed by atoms with Crippen molar-refractivity contribution < 1.29 is 22.7 Å². The van der Waals surface area contributed by atoms with E-state index in [1.807, 2.05) is 60.7 Å². The summed E-state index contributed by atoms with van der Waals surface area (Å²) in [6.07, 6.45) is 0. The zero-order valence-corrected chi connectivity index (χ0v) is 46.5. The maximum atomic E-state index is 7.38. The van der Waals surface area contributed by atoms with Gasteiger partial charge in [0, 0.05) is 115 Å². The van der Waals surface area contributed by atoms with Crippen molar-refractivity contribution in [2.45, 2.75) is 0 Å². The molecule has 15 aromatic rings. The van der Waals surface area contributed by atoms with E-state index in [-0.39, 0.29) is 13.4 Å². The highest BCUT2D eigenvalue weighted by atomic mass is 16.5. The van der Waals surface area contributed by atoms with Gasteiger partial charge < -0.3 is 37.4 Å². The first-order chi connectivity index (χ1) is 43.1. The van der Waals surface area contributed by atoms with Crippen LogP contribution in [-0.4, -0.2) is 13.4 Å². The van der Waals surface area contributed by atoms with Crippen LogP contribution >= 0.6 is 0 Å². The third kappa shape index (κ3) is 7.11. The average Bonchev–Trinajstić information content (AvgIpc) is 1.70. The van der Waals surface area contributed by atoms with Crippen LogP contribution in [0.15, 0.2) is 292 Å². The summed E-state index contributed by atoms with van der Waals surface area (Å²) in [4.78, 5) is 9.43. The molecule has 0 amide bonds. The molecule has 11 heteroatoms. The zero-order chi connectivity index (χ0) is 56.8. The minimum Gasteiger partial charge on any atom is -0.468 e. The lowest BCUT2D eigenvalue weighted by Crippen LogP contribution is -2.61. The van der Waals surface area contributed by atoms with E-state index < -0.39 is 0 Å². The van der Waals surface area contributed by atoms with Gasteiger partial charge in [-0.25, -0.2) is 0 Å². The number of furan rings is 3. The van der Waals surface area contributed by atoms with Crippen LogP contribution in [0.2, 0.25) is 0 Å². The number of rotatable bonds is 8. The summed E-state index contributed by atoms with van der Waals surface area (Å²) in [6.45, 7) is -0.625. The highest BCUT2D eigenvalue weighted by molar-refractivity contribution is 7.02. The molecule has 0 atom stereocenters. The quantitative estimate of drug-likeness (QED) is 0.138. The Kier molecular flexibility index (Phi) is 10.2. The zero-order valence-electron chi connectivity index (χ0n) is 46.5. The standard InChI is InChI=1S/C76H46B2N4O5/c1-7-23-47(24-8-1)79-61-45-69-57(43-59(61)77-71-55-35-19-21-37-67(55)87-76(71)82(50-29-13-4-14-30-50)66-42-54(39-63(79)72(66)77)84-52-33-17-6-18-34-52)58-44-60-62(46-70(58)85-69)80(48-25-9-2-10-26-48)64-40-53(83-51-31-15-5-16-32-51)41-65-73(64)78(60)75-74(56-36-20-22-38-68(56)86-75)81(65)49-27-11-3-12-28-49/h1-46H. The number of hydrogen-bond acceptors (Lipinski definition) is 9. The van der Waals surface area contributed by atoms with Crippen molar-refractivity contribution >= 4 is 159 Å². The molecule has 7 heterocycles. The smallest absolute Gasteiger partial charge is 0.297 e. The van der Waals surface area contributed by atoms with E-state index >= 15 is 0 Å². The molecular weight excluding hydrogens is 1070 g/mol. The van der Waals surface area contributed by atoms with E-state index in [0.717, 1.165) is 157 Å². The lowest BCUT2D eigenvalue weighted by Gasteiger charge is -2.42. The highest BCUT2D eigenvalue weighted by Gasteiger charge is 2.50. The molecule has 0 spiro atoms. The minimum absolute atomic E-state index is 0.281. The van der Waals surface area contributed by atoms with Crippen molar-refractivity contribution in [2.75, 3.05) is 19.6 Å². The largest absolute Gasteiger partial charge is 0.468 e. The Bertz CT molecular complexity index is 5270. The van der Waals surface area contributed by atoms with Gasteiger partial charge in [-0.05, 0) is 113 Å². The first kappa shape index (κ1) is 47.9. The molecule has 406 valence electrons. The normalized spacial score (nSPS) is 13.4. The summed E-state index contributed by atoms with van der Waals surface area (Å²) in [5, 5.41) is 4.09. The molecule has 19 rings (SSSR count). The van der Waals surface area contributed by atoms with E-state index in [1.54, 1.807) is 0 Å². The molecule has 0 radical (unpaired) electrons. The van der Waals surface area contributed by atoms with Crippen molar-refractivity contribution in [3.05, 3.63) is 279 Å². The van der Waals surface area contributed by atoms with Gasteiger partial charge in [-0.2, -0.15) is 0 Å². The number of fused-ring (bicyclic) bond motifs is 15. The molecule has 9 nitrogen and oxygen atoms in total. The Balaban J connectivity index is 0.899. The number of nitrogens with zero attached hydrogens (tertiary/aromatic N) is 4. The van der Waals surface area contributed by atoms with Crippen LogP contribution in [0.1, 0.15) is 0 Å². The van der Waals surface area contributed by atoms with Crippen LogP contribution in [0.5, 0.6) is 23.0 Å². The third-order valence-electron chi connectivity index (χ3n) is 17.8. The average molecular weight is 1120 g/mol. The molecule has 4 aliphatic rings. The maximum Gasteiger partial charge on any atom is 0.297 e. The van der Waals surface area contributed by atoms with Gasteiger partial charge in [-0.15, -0.1) is 0 Å². The van der Waals surface area contributed by atoms with E-state index in [0.29, 0.717) is 11.5 Å². The number of ether oxygens (including phenoxy) is 2. The molecular formula is C76H46B2N4O5. The summed E-state index contributed by atoms with van der Waals surface area (Å²) in [6, 6.07) is 97.5. The molecule has 87 heavy (non-hydrogen) atoms. The van der Waals surface area contributed by atoms with E-state index in [4.69, 9.17) is 22.7 Å². The molecule has 0 bridgehead atoms. The van der Waals surface area contributed by atoms with Crippen molar-refractivity contribution in [3.8, 4) is 23.0 Å². The Morgan fingerprint density at radius 1 is 0.264 bits per heavy atom. The fraction of sp³-hybridized carbons (Fsp3) is 0. The van der Waals surface area contributed by atoms with Gasteiger partial charge in [-0.3, -0.25) is 4.90 Å². The van der Waals surface area contributed by atoms with Crippen molar-refractivity contribution in [1.82, 2.24) is 0 Å². The summed E-state index contributed by atoms with van der Waals surface area (Å²) < 4.78 is 35.6. The van der Waals surface area contributed by atoms with E-state index in [9.17, 15) is 0 Å². The fourth-order valence-corrected chi connectivity index (χ4v) is 14.4. The molecule has 0 saturated carbocycles. The third-order valence-corrected chi connectivity index (χ3v) is 17.8. The molecule has 0 N–H and O–H groups in total. The highest BCUT2D eigenvalue weighted by Crippen LogP contribution is 2.52. The van der Waals surface area contributed by atoms with Gasteiger partial charge in [0.1, 0.15) is 45.3 Å². The van der Waals surface area contributed by atoms with Crippen LogP contribution in [0.25, 0.3) is 43.9 Å². The van der Waals surface area contributed by atoms with Gasteiger partial charge in [0.2, 0.25) is 5.88 Å². The Morgan fingerprint density at radius 2 is 0.655 bits per heavy atom. The Labute approximate surface area is 500 Å². The second-order valence-corrected chi connectivity index (χ2v) is 22.7. The SMILES string of the molecule is c1ccc(Oc2cc3c4c(c2)N(c2ccccc2)c2oc5ccccc5c2B4c2cc4c(cc2N3c2ccccc2)oc2cc3c(cc24)B2c4oc5ccccc5c4N(c4ccccc4)c4cc(Oc5ccccc5)cc(c42)N3c2ccccc2)cc1. The fourth-order valence-electron chi connectivity index (χ4n) is 14.4. The Morgan fingerprint density at radius 3 is 1.17 bits per heavy atom. The summed E-state index contributed by atoms with van der Waals surface area (Å²) in [5.41, 5.74) is 20.5. The number of hydrogen-bond donors (Lipinski definition) is 0. The van der Waals surface area contributed by atoms with Crippen LogP contribution in [0.3, 0.4) is 0 Å². The monoisotopic (exact) mass is 1120 g/mol. The van der Waals surface area contributed by atoms with Gasteiger partial charge in [0.25, 0.3) is 13.4 Å². The summed E-state index contributed by atoms with van der Waals surface area (Å²) >= 11 is 0. The van der Waals surface area contributed by atoms with E-state index in [2.05, 4.69) is 238 Å². The second-order valence-electron chi connectivity index (χ2n) is 22.7. The maximum absolute atomic E-state index is 7.38. The van der Waals surface area contributed by atoms with Crippen LogP contribution < -0.4 is 62.0 Å². The molecule has 0 aliphatic carbocycles. The predicted molar refractivity (Wildman–Crippen MR) is 354 cm³/mol. The van der Waals surface area contributed by atoms with Crippen LogP contribution in [0, 0.1) is 0 Å². The summed E-state index contributed by atoms with van der Waals surface area (Å²) in [7, 11) is 0. The molecule has 0 fully saturated rings. The van der Waals surface area contributed by atoms with Gasteiger partial charge in [0.05, 0.1) is 17.0 Å². The number of benzene rings is 12. The van der Waals surface area contributed by atoms with E-state index in [1.165, 1.54) is 0 Å². The van der Waals surface area contributed by atoms with Gasteiger partial charge >= 0.3 is 0 Å². The first-order valence-corrected chi connectivity index (χ1v) is 29.4. The molecule has 0 unspecified atom stereocenters. The number of anilines is 12.